The van der Waals surface area contributed by atoms with E-state index in [0.29, 0.717) is 0 Å². The summed E-state index contributed by atoms with van der Waals surface area (Å²) in [7, 11) is 0. The molecule has 0 N–H and O–H groups in total. The molecule has 0 atom stereocenters. The summed E-state index contributed by atoms with van der Waals surface area (Å²) in [5, 5.41) is 5.01. The Morgan fingerprint density at radius 3 is 1.56 bits per heavy atom. The van der Waals surface area contributed by atoms with Crippen LogP contribution in [0.25, 0.3) is 55.0 Å². The highest BCUT2D eigenvalue weighted by Crippen LogP contribution is 2.43. The lowest BCUT2D eigenvalue weighted by molar-refractivity contribution is 1.17. The molecule has 0 fully saturated rings. The van der Waals surface area contributed by atoms with Crippen LogP contribution >= 0.6 is 0 Å². The quantitative estimate of drug-likeness (QED) is 0.199. The van der Waals surface area contributed by atoms with Crippen molar-refractivity contribution in [2.45, 2.75) is 0 Å². The van der Waals surface area contributed by atoms with Crippen molar-refractivity contribution in [3.8, 4) is 11.4 Å². The highest BCUT2D eigenvalue weighted by molar-refractivity contribution is 6.26. The molecule has 9 rings (SSSR count). The van der Waals surface area contributed by atoms with E-state index < -0.39 is 0 Å². The van der Waals surface area contributed by atoms with Gasteiger partial charge in [0.1, 0.15) is 0 Å². The Kier molecular flexibility index (Phi) is 5.82. The molecule has 212 valence electrons. The predicted molar refractivity (Wildman–Crippen MR) is 190 cm³/mol. The van der Waals surface area contributed by atoms with Gasteiger partial charge in [0.2, 0.25) is 0 Å². The van der Waals surface area contributed by atoms with E-state index in [0.717, 1.165) is 28.4 Å². The van der Waals surface area contributed by atoms with Crippen LogP contribution in [-0.4, -0.2) is 9.13 Å². The molecule has 2 heterocycles. The van der Waals surface area contributed by atoms with E-state index in [1.54, 1.807) is 0 Å². The largest absolute Gasteiger partial charge is 0.310 e. The lowest BCUT2D eigenvalue weighted by atomic mass is 10.1. The number of hydrogen-bond acceptors (Lipinski definition) is 1. The zero-order valence-corrected chi connectivity index (χ0v) is 24.6. The number of nitrogens with zero attached hydrogens (tertiary/aromatic N) is 3. The highest BCUT2D eigenvalue weighted by Gasteiger charge is 2.21. The first-order valence-electron chi connectivity index (χ1n) is 15.4. The van der Waals surface area contributed by atoms with E-state index in [1.807, 2.05) is 0 Å². The molecule has 0 bridgehead atoms. The van der Waals surface area contributed by atoms with E-state index in [4.69, 9.17) is 0 Å². The zero-order valence-electron chi connectivity index (χ0n) is 24.6. The van der Waals surface area contributed by atoms with Gasteiger partial charge in [0.05, 0.1) is 22.1 Å². The van der Waals surface area contributed by atoms with Crippen LogP contribution in [0.4, 0.5) is 17.1 Å². The van der Waals surface area contributed by atoms with Crippen molar-refractivity contribution in [1.29, 1.82) is 0 Å². The van der Waals surface area contributed by atoms with E-state index in [9.17, 15) is 0 Å². The molecule has 45 heavy (non-hydrogen) atoms. The molecule has 3 heteroatoms. The average molecular weight is 576 g/mol. The van der Waals surface area contributed by atoms with Gasteiger partial charge in [0.15, 0.2) is 0 Å². The number of hydrogen-bond donors (Lipinski definition) is 0. The second kappa shape index (κ2) is 10.3. The van der Waals surface area contributed by atoms with Gasteiger partial charge in [-0.2, -0.15) is 0 Å². The van der Waals surface area contributed by atoms with Crippen LogP contribution in [-0.2, 0) is 0 Å². The van der Waals surface area contributed by atoms with E-state index in [-0.39, 0.29) is 0 Å². The predicted octanol–water partition coefficient (Wildman–Crippen LogP) is 11.4. The van der Waals surface area contributed by atoms with Crippen LogP contribution in [0.5, 0.6) is 0 Å². The first-order chi connectivity index (χ1) is 22.4. The molecule has 0 unspecified atom stereocenters. The minimum atomic E-state index is 1.11. The van der Waals surface area contributed by atoms with Crippen LogP contribution in [0.2, 0.25) is 0 Å². The summed E-state index contributed by atoms with van der Waals surface area (Å²) in [5.74, 6) is 0. The van der Waals surface area contributed by atoms with Crippen LogP contribution in [0.15, 0.2) is 176 Å². The molecule has 0 spiro atoms. The lowest BCUT2D eigenvalue weighted by Gasteiger charge is -2.26. The zero-order chi connectivity index (χ0) is 29.7. The molecule has 0 aliphatic heterocycles. The normalized spacial score (nSPS) is 11.6. The van der Waals surface area contributed by atoms with E-state index in [1.165, 1.54) is 43.6 Å². The Labute approximate surface area is 261 Å². The molecule has 0 radical (unpaired) electrons. The maximum Gasteiger partial charge on any atom is 0.0641 e. The number of para-hydroxylation sites is 5. The Morgan fingerprint density at radius 2 is 0.867 bits per heavy atom. The number of fused-ring (bicyclic) bond motifs is 7. The van der Waals surface area contributed by atoms with Gasteiger partial charge in [-0.1, -0.05) is 103 Å². The molecule has 7 aromatic carbocycles. The van der Waals surface area contributed by atoms with Crippen molar-refractivity contribution in [3.05, 3.63) is 176 Å². The highest BCUT2D eigenvalue weighted by atomic mass is 15.1. The first-order valence-corrected chi connectivity index (χ1v) is 15.4. The topological polar surface area (TPSA) is 13.1 Å². The van der Waals surface area contributed by atoms with Gasteiger partial charge in [-0.05, 0) is 72.8 Å². The van der Waals surface area contributed by atoms with Gasteiger partial charge >= 0.3 is 0 Å². The van der Waals surface area contributed by atoms with Crippen molar-refractivity contribution in [3.63, 3.8) is 0 Å². The maximum absolute atomic E-state index is 2.46. The third kappa shape index (κ3) is 3.98. The van der Waals surface area contributed by atoms with Gasteiger partial charge in [-0.3, -0.25) is 0 Å². The van der Waals surface area contributed by atoms with Crippen molar-refractivity contribution >= 4 is 60.7 Å². The van der Waals surface area contributed by atoms with Crippen LogP contribution in [0.3, 0.4) is 0 Å². The fraction of sp³-hybridized carbons (Fsp3) is 0. The van der Waals surface area contributed by atoms with Crippen molar-refractivity contribution in [2.24, 2.45) is 0 Å². The second-order valence-electron chi connectivity index (χ2n) is 11.4. The van der Waals surface area contributed by atoms with Gasteiger partial charge < -0.3 is 14.0 Å². The van der Waals surface area contributed by atoms with Gasteiger partial charge in [0, 0.05) is 50.0 Å². The molecule has 0 aliphatic rings. The second-order valence-corrected chi connectivity index (χ2v) is 11.4. The molecule has 2 aromatic heterocycles. The Morgan fingerprint density at radius 1 is 0.333 bits per heavy atom. The SMILES string of the molecule is c1ccc(N(c2ccccc2)c2cccc(-n3c4ccccc4c4ccc5c(c6ccccc6n5-c5ccccc5)c43)c2)cc1. The van der Waals surface area contributed by atoms with Crippen LogP contribution in [0.1, 0.15) is 0 Å². The Balaban J connectivity index is 1.38. The van der Waals surface area contributed by atoms with E-state index >= 15 is 0 Å². The molecule has 0 saturated heterocycles. The third-order valence-corrected chi connectivity index (χ3v) is 8.86. The van der Waals surface area contributed by atoms with Gasteiger partial charge in [-0.25, -0.2) is 0 Å². The molecular weight excluding hydrogens is 546 g/mol. The van der Waals surface area contributed by atoms with Gasteiger partial charge in [0.25, 0.3) is 0 Å². The molecule has 0 aliphatic carbocycles. The standard InChI is InChI=1S/C42H29N3/c1-4-15-30(16-5-1)43(31-17-6-2-7-18-31)33-21-14-22-34(29-33)45-38-25-12-10-23-35(38)36-27-28-40-41(42(36)45)37-24-11-13-26-39(37)44(40)32-19-8-3-9-20-32/h1-29H. The summed E-state index contributed by atoms with van der Waals surface area (Å²) in [4.78, 5) is 2.33. The number of aromatic nitrogens is 2. The number of rotatable bonds is 5. The first kappa shape index (κ1) is 25.4. The smallest absolute Gasteiger partial charge is 0.0641 e. The minimum absolute atomic E-state index is 1.11. The summed E-state index contributed by atoms with van der Waals surface area (Å²) >= 11 is 0. The number of benzene rings is 7. The number of anilines is 3. The summed E-state index contributed by atoms with van der Waals surface area (Å²) in [6.07, 6.45) is 0. The molecule has 0 saturated carbocycles. The van der Waals surface area contributed by atoms with Crippen molar-refractivity contribution < 1.29 is 0 Å². The molecule has 9 aromatic rings. The maximum atomic E-state index is 2.46. The monoisotopic (exact) mass is 575 g/mol. The van der Waals surface area contributed by atoms with Crippen LogP contribution in [0, 0.1) is 0 Å². The molecule has 0 amide bonds. The van der Waals surface area contributed by atoms with Crippen molar-refractivity contribution in [2.75, 3.05) is 4.90 Å². The third-order valence-electron chi connectivity index (χ3n) is 8.86. The summed E-state index contributed by atoms with van der Waals surface area (Å²) in [5.41, 5.74) is 10.5. The fourth-order valence-electron chi connectivity index (χ4n) is 7.00. The molecule has 3 nitrogen and oxygen atoms in total. The Bertz CT molecular complexity index is 2430. The summed E-state index contributed by atoms with van der Waals surface area (Å²) in [6, 6.07) is 63.0. The lowest BCUT2D eigenvalue weighted by Crippen LogP contribution is -2.10. The van der Waals surface area contributed by atoms with Crippen LogP contribution < -0.4 is 4.90 Å². The fourth-order valence-corrected chi connectivity index (χ4v) is 7.00. The van der Waals surface area contributed by atoms with Crippen molar-refractivity contribution in [1.82, 2.24) is 9.13 Å². The van der Waals surface area contributed by atoms with Gasteiger partial charge in [-0.15, -0.1) is 0 Å². The summed E-state index contributed by atoms with van der Waals surface area (Å²) in [6.45, 7) is 0. The Hall–Kier alpha value is -6.06. The minimum Gasteiger partial charge on any atom is -0.310 e. The average Bonchev–Trinajstić information content (AvgIpc) is 3.63. The molecular formula is C42H29N3. The summed E-state index contributed by atoms with van der Waals surface area (Å²) < 4.78 is 4.86. The van der Waals surface area contributed by atoms with E-state index in [2.05, 4.69) is 190 Å².